The van der Waals surface area contributed by atoms with E-state index in [1.165, 1.54) is 19.9 Å². The summed E-state index contributed by atoms with van der Waals surface area (Å²) in [6.07, 6.45) is 4.76. The third-order valence-electron chi connectivity index (χ3n) is 4.08. The molecule has 0 radical (unpaired) electrons. The van der Waals surface area contributed by atoms with Gasteiger partial charge in [-0.3, -0.25) is 9.98 Å². The Morgan fingerprint density at radius 1 is 1.34 bits per heavy atom. The molecule has 0 amide bonds. The highest BCUT2D eigenvalue weighted by atomic mass is 32.2. The van der Waals surface area contributed by atoms with E-state index in [0.29, 0.717) is 28.2 Å². The van der Waals surface area contributed by atoms with Gasteiger partial charge < -0.3 is 10.8 Å². The fourth-order valence-corrected chi connectivity index (χ4v) is 3.75. The highest BCUT2D eigenvalue weighted by Gasteiger charge is 2.21. The molecular weight excluding hydrogens is 390 g/mol. The van der Waals surface area contributed by atoms with Gasteiger partial charge in [0.1, 0.15) is 0 Å². The summed E-state index contributed by atoms with van der Waals surface area (Å²) in [5, 5.41) is 9.81. The predicted molar refractivity (Wildman–Crippen MR) is 115 cm³/mol. The Bertz CT molecular complexity index is 1050. The maximum Gasteiger partial charge on any atom is 0.240 e. The normalized spacial score (nSPS) is 13.6. The van der Waals surface area contributed by atoms with Crippen molar-refractivity contribution in [2.75, 3.05) is 13.6 Å². The number of nitrogens with one attached hydrogen (secondary N) is 1. The van der Waals surface area contributed by atoms with Crippen LogP contribution in [-0.4, -0.2) is 48.9 Å². The van der Waals surface area contributed by atoms with E-state index in [1.807, 2.05) is 6.92 Å². The van der Waals surface area contributed by atoms with E-state index in [1.54, 1.807) is 44.7 Å². The number of nitrogens with two attached hydrogens (primary N) is 1. The van der Waals surface area contributed by atoms with Crippen LogP contribution in [0.1, 0.15) is 32.0 Å². The van der Waals surface area contributed by atoms with Crippen LogP contribution in [0, 0.1) is 6.92 Å². The molecule has 8 nitrogen and oxygen atoms in total. The first-order valence-corrected chi connectivity index (χ1v) is 10.5. The van der Waals surface area contributed by atoms with E-state index in [4.69, 9.17) is 5.73 Å². The number of benzene rings is 1. The number of allylic oxidation sites excluding steroid dienone is 2. The second kappa shape index (κ2) is 8.81. The molecule has 0 saturated heterocycles. The largest absolute Gasteiger partial charge is 0.402 e. The lowest BCUT2D eigenvalue weighted by Crippen LogP contribution is -2.38. The molecular formula is C20H27N5O3S. The molecule has 0 aliphatic rings. The minimum Gasteiger partial charge on any atom is -0.402 e. The van der Waals surface area contributed by atoms with Crippen LogP contribution in [0.5, 0.6) is 0 Å². The highest BCUT2D eigenvalue weighted by Crippen LogP contribution is 2.26. The first-order valence-electron chi connectivity index (χ1n) is 8.98. The van der Waals surface area contributed by atoms with Crippen molar-refractivity contribution >= 4 is 21.8 Å². The zero-order valence-corrected chi connectivity index (χ0v) is 18.1. The number of aliphatic imine (C=N–C) groups is 1. The summed E-state index contributed by atoms with van der Waals surface area (Å²) in [7, 11) is -2.16. The molecule has 0 aliphatic heterocycles. The van der Waals surface area contributed by atoms with E-state index < -0.39 is 15.6 Å². The number of aryl methyl sites for hydroxylation is 1. The lowest BCUT2D eigenvalue weighted by Gasteiger charge is -2.18. The number of nitrogens with zero attached hydrogens (tertiary/aromatic N) is 3. The maximum absolute atomic E-state index is 12.6. The van der Waals surface area contributed by atoms with Crippen molar-refractivity contribution in [3.63, 3.8) is 0 Å². The number of sulfonamides is 1. The average molecular weight is 418 g/mol. The highest BCUT2D eigenvalue weighted by molar-refractivity contribution is 7.89. The van der Waals surface area contributed by atoms with E-state index in [2.05, 4.69) is 19.7 Å². The van der Waals surface area contributed by atoms with Gasteiger partial charge in [-0.2, -0.15) is 0 Å². The molecule has 29 heavy (non-hydrogen) atoms. The molecule has 9 heteroatoms. The molecule has 4 N–H and O–H groups in total. The van der Waals surface area contributed by atoms with E-state index in [-0.39, 0.29) is 11.4 Å². The molecule has 0 aliphatic carbocycles. The van der Waals surface area contributed by atoms with E-state index in [9.17, 15) is 13.5 Å². The molecule has 0 atom stereocenters. The van der Waals surface area contributed by atoms with E-state index >= 15 is 0 Å². The van der Waals surface area contributed by atoms with Gasteiger partial charge in [0, 0.05) is 36.6 Å². The first kappa shape index (κ1) is 22.7. The molecule has 1 heterocycles. The van der Waals surface area contributed by atoms with Gasteiger partial charge in [0.05, 0.1) is 34.3 Å². The summed E-state index contributed by atoms with van der Waals surface area (Å²) < 4.78 is 27.7. The van der Waals surface area contributed by atoms with Crippen LogP contribution < -0.4 is 10.5 Å². The SMILES string of the molecule is CN=CC(=C(C)N)c1cncc(-c2cc(S(=O)(=O)NCC(C)(C)O)ccc2C)n1. The molecule has 156 valence electrons. The Balaban J connectivity index is 2.51. The predicted octanol–water partition coefficient (Wildman–Crippen LogP) is 1.89. The van der Waals surface area contributed by atoms with Crippen molar-refractivity contribution in [2.45, 2.75) is 38.2 Å². The first-order chi connectivity index (χ1) is 13.4. The van der Waals surface area contributed by atoms with Crippen molar-refractivity contribution in [1.29, 1.82) is 0 Å². The fraction of sp³-hybridized carbons (Fsp3) is 0.350. The van der Waals surface area contributed by atoms with Crippen LogP contribution in [0.2, 0.25) is 0 Å². The third kappa shape index (κ3) is 5.93. The zero-order chi connectivity index (χ0) is 21.8. The Kier molecular flexibility index (Phi) is 6.89. The van der Waals surface area contributed by atoms with Crippen LogP contribution in [0.3, 0.4) is 0 Å². The van der Waals surface area contributed by atoms with E-state index in [0.717, 1.165) is 5.56 Å². The topological polar surface area (TPSA) is 131 Å². The van der Waals surface area contributed by atoms with Gasteiger partial charge in [-0.1, -0.05) is 6.07 Å². The van der Waals surface area contributed by atoms with Gasteiger partial charge in [0.2, 0.25) is 10.0 Å². The molecule has 2 rings (SSSR count). The van der Waals surface area contributed by atoms with Crippen molar-refractivity contribution < 1.29 is 13.5 Å². The quantitative estimate of drug-likeness (QED) is 0.590. The Morgan fingerprint density at radius 3 is 2.62 bits per heavy atom. The Morgan fingerprint density at radius 2 is 2.03 bits per heavy atom. The summed E-state index contributed by atoms with van der Waals surface area (Å²) in [5.41, 5.74) is 8.50. The van der Waals surface area contributed by atoms with Gasteiger partial charge in [0.15, 0.2) is 0 Å². The number of hydrogen-bond donors (Lipinski definition) is 3. The molecule has 1 aromatic carbocycles. The zero-order valence-electron chi connectivity index (χ0n) is 17.3. The number of hydrogen-bond acceptors (Lipinski definition) is 7. The van der Waals surface area contributed by atoms with Crippen LogP contribution in [0.15, 0.2) is 46.2 Å². The second-order valence-electron chi connectivity index (χ2n) is 7.39. The van der Waals surface area contributed by atoms with Crippen LogP contribution in [0.25, 0.3) is 16.8 Å². The van der Waals surface area contributed by atoms with Gasteiger partial charge >= 0.3 is 0 Å². The standard InChI is InChI=1S/C20H27N5O3S/c1-13-6-7-15(29(27,28)24-12-20(3,4)26)8-16(13)18-10-23-11-19(25-18)17(9-22-5)14(2)21/h6-11,24,26H,12,21H2,1-5H3. The minimum atomic E-state index is -3.80. The third-order valence-corrected chi connectivity index (χ3v) is 5.48. The van der Waals surface area contributed by atoms with Gasteiger partial charge in [-0.05, 0) is 45.4 Å². The van der Waals surface area contributed by atoms with Gasteiger partial charge in [-0.15, -0.1) is 0 Å². The monoisotopic (exact) mass is 417 g/mol. The fourth-order valence-electron chi connectivity index (χ4n) is 2.52. The van der Waals surface area contributed by atoms with Gasteiger partial charge in [-0.25, -0.2) is 18.1 Å². The van der Waals surface area contributed by atoms with Crippen molar-refractivity contribution in [2.24, 2.45) is 10.7 Å². The van der Waals surface area contributed by atoms with Crippen molar-refractivity contribution in [3.05, 3.63) is 47.5 Å². The van der Waals surface area contributed by atoms with Crippen LogP contribution >= 0.6 is 0 Å². The lowest BCUT2D eigenvalue weighted by molar-refractivity contribution is 0.0857. The van der Waals surface area contributed by atoms with Crippen molar-refractivity contribution in [1.82, 2.24) is 14.7 Å². The van der Waals surface area contributed by atoms with Crippen LogP contribution in [0.4, 0.5) is 0 Å². The number of aromatic nitrogens is 2. The summed E-state index contributed by atoms with van der Waals surface area (Å²) in [5.74, 6) is 0. The van der Waals surface area contributed by atoms with Crippen LogP contribution in [-0.2, 0) is 10.0 Å². The molecule has 0 bridgehead atoms. The summed E-state index contributed by atoms with van der Waals surface area (Å²) in [4.78, 5) is 12.9. The molecule has 0 spiro atoms. The summed E-state index contributed by atoms with van der Waals surface area (Å²) >= 11 is 0. The molecule has 0 saturated carbocycles. The number of rotatable bonds is 7. The van der Waals surface area contributed by atoms with Crippen molar-refractivity contribution in [3.8, 4) is 11.3 Å². The second-order valence-corrected chi connectivity index (χ2v) is 9.15. The molecule has 0 unspecified atom stereocenters. The number of aliphatic hydroxyl groups is 1. The lowest BCUT2D eigenvalue weighted by atomic mass is 10.1. The maximum atomic E-state index is 12.6. The Hall–Kier alpha value is -2.62. The average Bonchev–Trinajstić information content (AvgIpc) is 2.64. The molecule has 2 aromatic rings. The summed E-state index contributed by atoms with van der Waals surface area (Å²) in [6.45, 7) is 6.57. The Labute approximate surface area is 171 Å². The minimum absolute atomic E-state index is 0.0791. The molecule has 1 aromatic heterocycles. The smallest absolute Gasteiger partial charge is 0.240 e. The summed E-state index contributed by atoms with van der Waals surface area (Å²) in [6, 6.07) is 4.77. The molecule has 0 fully saturated rings. The van der Waals surface area contributed by atoms with Gasteiger partial charge in [0.25, 0.3) is 0 Å².